The summed E-state index contributed by atoms with van der Waals surface area (Å²) in [4.78, 5) is 32.0. The number of hydrogen-bond acceptors (Lipinski definition) is 6. The Hall–Kier alpha value is -3.74. The largest absolute Gasteiger partial charge is 0.465 e. The van der Waals surface area contributed by atoms with E-state index in [1.165, 1.54) is 7.11 Å². The van der Waals surface area contributed by atoms with Gasteiger partial charge in [0.1, 0.15) is 5.69 Å². The van der Waals surface area contributed by atoms with Crippen LogP contribution in [0.15, 0.2) is 67.1 Å². The van der Waals surface area contributed by atoms with Gasteiger partial charge in [-0.1, -0.05) is 6.07 Å². The number of nitrogens with zero attached hydrogens (tertiary/aromatic N) is 2. The van der Waals surface area contributed by atoms with Gasteiger partial charge in [-0.2, -0.15) is 0 Å². The van der Waals surface area contributed by atoms with Crippen molar-refractivity contribution in [1.29, 1.82) is 0 Å². The molecule has 7 heteroatoms. The number of carbonyl (C=O) groups is 2. The Bertz CT molecular complexity index is 945. The summed E-state index contributed by atoms with van der Waals surface area (Å²) in [5.41, 5.74) is 3.06. The number of nitrogens with one attached hydrogen (secondary N) is 2. The summed E-state index contributed by atoms with van der Waals surface area (Å²) in [6.07, 6.45) is 4.90. The molecule has 0 spiro atoms. The minimum Gasteiger partial charge on any atom is -0.465 e. The van der Waals surface area contributed by atoms with E-state index >= 15 is 0 Å². The Morgan fingerprint density at radius 3 is 2.56 bits per heavy atom. The summed E-state index contributed by atoms with van der Waals surface area (Å²) in [7, 11) is 1.34. The average molecular weight is 362 g/mol. The van der Waals surface area contributed by atoms with Crippen LogP contribution in [-0.4, -0.2) is 29.0 Å². The minimum atomic E-state index is -0.412. The van der Waals surface area contributed by atoms with Crippen molar-refractivity contribution in [2.45, 2.75) is 6.54 Å². The first-order valence-electron chi connectivity index (χ1n) is 8.24. The quantitative estimate of drug-likeness (QED) is 0.655. The number of hydrogen-bond donors (Lipinski definition) is 2. The van der Waals surface area contributed by atoms with E-state index in [1.54, 1.807) is 48.9 Å². The molecule has 0 bridgehead atoms. The maximum Gasteiger partial charge on any atom is 0.337 e. The van der Waals surface area contributed by atoms with Crippen LogP contribution in [0.5, 0.6) is 0 Å². The Morgan fingerprint density at radius 2 is 1.78 bits per heavy atom. The van der Waals surface area contributed by atoms with E-state index in [0.29, 0.717) is 23.5 Å². The molecule has 7 nitrogen and oxygen atoms in total. The zero-order chi connectivity index (χ0) is 19.1. The first kappa shape index (κ1) is 18.1. The second kappa shape index (κ2) is 8.57. The molecule has 0 unspecified atom stereocenters. The zero-order valence-electron chi connectivity index (χ0n) is 14.7. The third kappa shape index (κ3) is 4.88. The molecule has 1 amide bonds. The number of anilines is 2. The molecule has 0 saturated carbocycles. The molecule has 0 radical (unpaired) electrons. The summed E-state index contributed by atoms with van der Waals surface area (Å²) in [6, 6.07) is 14.0. The number of ether oxygens (including phenoxy) is 1. The van der Waals surface area contributed by atoms with Crippen LogP contribution in [0.25, 0.3) is 0 Å². The highest BCUT2D eigenvalue weighted by molar-refractivity contribution is 5.93. The van der Waals surface area contributed by atoms with Gasteiger partial charge in [0.15, 0.2) is 0 Å². The number of aromatic nitrogens is 2. The number of amides is 1. The molecule has 0 atom stereocenters. The third-order valence-corrected chi connectivity index (χ3v) is 3.77. The Balaban J connectivity index is 1.68. The van der Waals surface area contributed by atoms with E-state index < -0.39 is 5.97 Å². The summed E-state index contributed by atoms with van der Waals surface area (Å²) in [5, 5.41) is 5.98. The molecule has 0 aliphatic carbocycles. The van der Waals surface area contributed by atoms with Gasteiger partial charge in [-0.3, -0.25) is 14.8 Å². The van der Waals surface area contributed by atoms with Gasteiger partial charge >= 0.3 is 5.97 Å². The second-order valence-corrected chi connectivity index (χ2v) is 5.67. The number of rotatable bonds is 6. The molecule has 0 saturated heterocycles. The van der Waals surface area contributed by atoms with E-state index in [2.05, 4.69) is 20.6 Å². The molecule has 2 aromatic heterocycles. The molecule has 27 heavy (non-hydrogen) atoms. The molecule has 0 aliphatic rings. The van der Waals surface area contributed by atoms with Gasteiger partial charge in [0.05, 0.1) is 12.7 Å². The first-order chi connectivity index (χ1) is 13.2. The van der Waals surface area contributed by atoms with Crippen molar-refractivity contribution in [1.82, 2.24) is 15.3 Å². The predicted molar refractivity (Wildman–Crippen MR) is 101 cm³/mol. The molecular formula is C20H18N4O3. The van der Waals surface area contributed by atoms with Crippen molar-refractivity contribution in [3.8, 4) is 0 Å². The Labute approximate surface area is 156 Å². The van der Waals surface area contributed by atoms with Crippen LogP contribution in [0.1, 0.15) is 26.4 Å². The van der Waals surface area contributed by atoms with Crippen LogP contribution in [0.2, 0.25) is 0 Å². The van der Waals surface area contributed by atoms with E-state index in [4.69, 9.17) is 4.74 Å². The second-order valence-electron chi connectivity index (χ2n) is 5.67. The highest BCUT2D eigenvalue weighted by atomic mass is 16.5. The number of esters is 1. The number of pyridine rings is 2. The van der Waals surface area contributed by atoms with Gasteiger partial charge in [-0.25, -0.2) is 4.79 Å². The maximum absolute atomic E-state index is 12.3. The molecule has 1 aromatic carbocycles. The van der Waals surface area contributed by atoms with E-state index in [1.807, 2.05) is 18.2 Å². The summed E-state index contributed by atoms with van der Waals surface area (Å²) < 4.78 is 4.72. The third-order valence-electron chi connectivity index (χ3n) is 3.77. The zero-order valence-corrected chi connectivity index (χ0v) is 14.7. The van der Waals surface area contributed by atoms with Gasteiger partial charge in [0.25, 0.3) is 5.91 Å². The first-order valence-corrected chi connectivity index (χ1v) is 8.24. The molecule has 0 fully saturated rings. The van der Waals surface area contributed by atoms with Gasteiger partial charge in [0.2, 0.25) is 0 Å². The highest BCUT2D eigenvalue weighted by Gasteiger charge is 2.09. The predicted octanol–water partition coefficient (Wildman–Crippen LogP) is 2.94. The fraction of sp³-hybridized carbons (Fsp3) is 0.100. The monoisotopic (exact) mass is 362 g/mol. The van der Waals surface area contributed by atoms with Crippen molar-refractivity contribution in [2.24, 2.45) is 0 Å². The average Bonchev–Trinajstić information content (AvgIpc) is 2.72. The van der Waals surface area contributed by atoms with Crippen LogP contribution in [0, 0.1) is 0 Å². The Morgan fingerprint density at radius 1 is 1.00 bits per heavy atom. The molecule has 136 valence electrons. The van der Waals surface area contributed by atoms with E-state index in [0.717, 1.165) is 5.56 Å². The van der Waals surface area contributed by atoms with Crippen molar-refractivity contribution >= 4 is 23.3 Å². The summed E-state index contributed by atoms with van der Waals surface area (Å²) >= 11 is 0. The molecule has 3 aromatic rings. The maximum atomic E-state index is 12.3. The van der Waals surface area contributed by atoms with Gasteiger partial charge in [0, 0.05) is 36.5 Å². The molecule has 2 heterocycles. The topological polar surface area (TPSA) is 93.2 Å². The van der Waals surface area contributed by atoms with Crippen molar-refractivity contribution in [3.63, 3.8) is 0 Å². The normalized spacial score (nSPS) is 10.1. The summed E-state index contributed by atoms with van der Waals surface area (Å²) in [6.45, 7) is 0.391. The molecule has 2 N–H and O–H groups in total. The Kier molecular flexibility index (Phi) is 5.73. The smallest absolute Gasteiger partial charge is 0.337 e. The van der Waals surface area contributed by atoms with Crippen molar-refractivity contribution < 1.29 is 14.3 Å². The lowest BCUT2D eigenvalue weighted by molar-refractivity contribution is 0.0600. The van der Waals surface area contributed by atoms with E-state index in [9.17, 15) is 9.59 Å². The minimum absolute atomic E-state index is 0.279. The van der Waals surface area contributed by atoms with E-state index in [-0.39, 0.29) is 11.6 Å². The SMILES string of the molecule is COC(=O)c1cccc(Nc2ccnc(C(=O)NCc3ccncc3)c2)c1. The van der Waals surface area contributed by atoms with Gasteiger partial charge in [-0.15, -0.1) is 0 Å². The molecule has 3 rings (SSSR count). The lowest BCUT2D eigenvalue weighted by atomic mass is 10.2. The fourth-order valence-corrected chi connectivity index (χ4v) is 2.41. The summed E-state index contributed by atoms with van der Waals surface area (Å²) in [5.74, 6) is -0.691. The lowest BCUT2D eigenvalue weighted by Gasteiger charge is -2.09. The molecular weight excluding hydrogens is 344 g/mol. The highest BCUT2D eigenvalue weighted by Crippen LogP contribution is 2.18. The van der Waals surface area contributed by atoms with Crippen LogP contribution in [0.4, 0.5) is 11.4 Å². The van der Waals surface area contributed by atoms with Crippen molar-refractivity contribution in [3.05, 3.63) is 83.9 Å². The van der Waals surface area contributed by atoms with Crippen LogP contribution in [0.3, 0.4) is 0 Å². The number of benzene rings is 1. The lowest BCUT2D eigenvalue weighted by Crippen LogP contribution is -2.23. The number of carbonyl (C=O) groups excluding carboxylic acids is 2. The standard InChI is InChI=1S/C20H18N4O3/c1-27-20(26)15-3-2-4-16(11-15)24-17-7-10-22-18(12-17)19(25)23-13-14-5-8-21-9-6-14/h2-12H,13H2,1H3,(H,22,24)(H,23,25). The fourth-order valence-electron chi connectivity index (χ4n) is 2.41. The van der Waals surface area contributed by atoms with Crippen LogP contribution < -0.4 is 10.6 Å². The van der Waals surface area contributed by atoms with Gasteiger partial charge < -0.3 is 15.4 Å². The molecule has 0 aliphatic heterocycles. The van der Waals surface area contributed by atoms with Gasteiger partial charge in [-0.05, 0) is 48.0 Å². The van der Waals surface area contributed by atoms with Crippen LogP contribution in [-0.2, 0) is 11.3 Å². The van der Waals surface area contributed by atoms with Crippen molar-refractivity contribution in [2.75, 3.05) is 12.4 Å². The van der Waals surface area contributed by atoms with Crippen LogP contribution >= 0.6 is 0 Å². The number of methoxy groups -OCH3 is 1.